The van der Waals surface area contributed by atoms with Crippen molar-refractivity contribution >= 4 is 43.2 Å². The Balaban J connectivity index is 1.93. The molecule has 0 amide bonds. The highest BCUT2D eigenvalue weighted by Crippen LogP contribution is 2.28. The normalized spacial score (nSPS) is 14.0. The Morgan fingerprint density at radius 2 is 1.86 bits per heavy atom. The number of nitrogens with one attached hydrogen (secondary N) is 2. The summed E-state index contributed by atoms with van der Waals surface area (Å²) in [6, 6.07) is 10.1. The van der Waals surface area contributed by atoms with E-state index in [2.05, 4.69) is 26.0 Å². The molecule has 0 atom stereocenters. The summed E-state index contributed by atoms with van der Waals surface area (Å²) in [5.74, 6) is 0. The van der Waals surface area contributed by atoms with E-state index in [1.54, 1.807) is 30.3 Å². The van der Waals surface area contributed by atoms with E-state index in [0.717, 1.165) is 17.7 Å². The lowest BCUT2D eigenvalue weighted by molar-refractivity contribution is 0.601. The second kappa shape index (κ2) is 5.61. The van der Waals surface area contributed by atoms with Crippen molar-refractivity contribution in [3.8, 4) is 0 Å². The fraction of sp³-hybridized carbons (Fsp3) is 0.143. The van der Waals surface area contributed by atoms with Crippen LogP contribution in [0.15, 0.2) is 45.8 Å². The van der Waals surface area contributed by atoms with E-state index in [4.69, 9.17) is 11.6 Å². The Morgan fingerprint density at radius 1 is 1.10 bits per heavy atom. The minimum absolute atomic E-state index is 0.256. The van der Waals surface area contributed by atoms with E-state index in [9.17, 15) is 8.42 Å². The molecule has 1 aliphatic heterocycles. The van der Waals surface area contributed by atoms with Gasteiger partial charge in [0.25, 0.3) is 10.0 Å². The van der Waals surface area contributed by atoms with E-state index < -0.39 is 10.0 Å². The summed E-state index contributed by atoms with van der Waals surface area (Å²) in [7, 11) is -3.62. The fourth-order valence-electron chi connectivity index (χ4n) is 2.21. The molecule has 0 saturated heterocycles. The summed E-state index contributed by atoms with van der Waals surface area (Å²) in [6.45, 7) is 1.48. The first kappa shape index (κ1) is 14.8. The summed E-state index contributed by atoms with van der Waals surface area (Å²) in [4.78, 5) is 0.256. The van der Waals surface area contributed by atoms with Crippen LogP contribution in [-0.2, 0) is 23.1 Å². The average Bonchev–Trinajstić information content (AvgIpc) is 2.89. The summed E-state index contributed by atoms with van der Waals surface area (Å²) >= 11 is 9.16. The largest absolute Gasteiger partial charge is 0.309 e. The van der Waals surface area contributed by atoms with Gasteiger partial charge in [0.15, 0.2) is 0 Å². The molecule has 0 aliphatic carbocycles. The highest BCUT2D eigenvalue weighted by atomic mass is 79.9. The number of anilines is 1. The number of benzene rings is 2. The zero-order chi connectivity index (χ0) is 15.0. The first-order valence-corrected chi connectivity index (χ1v) is 8.91. The second-order valence-corrected chi connectivity index (χ2v) is 7.74. The SMILES string of the molecule is O=S(=O)(Nc1ccc(Cl)cc1Br)c1ccc2c(c1)CNC2. The summed E-state index contributed by atoms with van der Waals surface area (Å²) in [5.41, 5.74) is 2.62. The molecule has 1 heterocycles. The van der Waals surface area contributed by atoms with Crippen molar-refractivity contribution < 1.29 is 8.42 Å². The van der Waals surface area contributed by atoms with Crippen LogP contribution in [0.4, 0.5) is 5.69 Å². The molecule has 4 nitrogen and oxygen atoms in total. The molecular weight excluding hydrogens is 376 g/mol. The molecular formula is C14H12BrClN2O2S. The van der Waals surface area contributed by atoms with Crippen LogP contribution in [0, 0.1) is 0 Å². The van der Waals surface area contributed by atoms with Gasteiger partial charge < -0.3 is 5.32 Å². The number of rotatable bonds is 3. The van der Waals surface area contributed by atoms with Crippen molar-refractivity contribution in [3.05, 3.63) is 57.0 Å². The van der Waals surface area contributed by atoms with Crippen molar-refractivity contribution in [2.24, 2.45) is 0 Å². The van der Waals surface area contributed by atoms with Crippen LogP contribution in [0.25, 0.3) is 0 Å². The van der Waals surface area contributed by atoms with Gasteiger partial charge >= 0.3 is 0 Å². The quantitative estimate of drug-likeness (QED) is 0.847. The number of hydrogen-bond acceptors (Lipinski definition) is 3. The minimum atomic E-state index is -3.62. The van der Waals surface area contributed by atoms with E-state index >= 15 is 0 Å². The molecule has 110 valence electrons. The summed E-state index contributed by atoms with van der Waals surface area (Å²) in [6.07, 6.45) is 0. The summed E-state index contributed by atoms with van der Waals surface area (Å²) < 4.78 is 28.1. The lowest BCUT2D eigenvalue weighted by atomic mass is 10.1. The lowest BCUT2D eigenvalue weighted by Crippen LogP contribution is -2.13. The number of fused-ring (bicyclic) bond motifs is 1. The topological polar surface area (TPSA) is 58.2 Å². The van der Waals surface area contributed by atoms with E-state index in [0.29, 0.717) is 21.7 Å². The molecule has 0 unspecified atom stereocenters. The molecule has 7 heteroatoms. The highest BCUT2D eigenvalue weighted by molar-refractivity contribution is 9.10. The molecule has 0 bridgehead atoms. The van der Waals surface area contributed by atoms with Crippen LogP contribution in [0.2, 0.25) is 5.02 Å². The second-order valence-electron chi connectivity index (χ2n) is 4.76. The van der Waals surface area contributed by atoms with Gasteiger partial charge in [-0.05, 0) is 57.4 Å². The summed E-state index contributed by atoms with van der Waals surface area (Å²) in [5, 5.41) is 3.73. The van der Waals surface area contributed by atoms with E-state index in [-0.39, 0.29) is 4.90 Å². The van der Waals surface area contributed by atoms with Gasteiger partial charge in [-0.3, -0.25) is 4.72 Å². The Bertz CT molecular complexity index is 809. The maximum Gasteiger partial charge on any atom is 0.261 e. The Kier molecular flexibility index (Phi) is 3.96. The Hall–Kier alpha value is -1.08. The average molecular weight is 388 g/mol. The standard InChI is InChI=1S/C14H12BrClN2O2S/c15-13-6-11(16)2-4-14(13)18-21(19,20)12-3-1-9-7-17-8-10(9)5-12/h1-6,17-18H,7-8H2. The minimum Gasteiger partial charge on any atom is -0.309 e. The van der Waals surface area contributed by atoms with Gasteiger partial charge in [-0.15, -0.1) is 0 Å². The van der Waals surface area contributed by atoms with Gasteiger partial charge in [0.1, 0.15) is 0 Å². The van der Waals surface area contributed by atoms with Crippen LogP contribution in [0.1, 0.15) is 11.1 Å². The third-order valence-corrected chi connectivity index (χ3v) is 5.55. The molecule has 3 rings (SSSR count). The van der Waals surface area contributed by atoms with Crippen LogP contribution < -0.4 is 10.0 Å². The molecule has 0 spiro atoms. The zero-order valence-corrected chi connectivity index (χ0v) is 14.0. The molecule has 1 aliphatic rings. The third kappa shape index (κ3) is 3.08. The number of halogens is 2. The maximum absolute atomic E-state index is 12.5. The van der Waals surface area contributed by atoms with Crippen molar-refractivity contribution in [2.75, 3.05) is 4.72 Å². The van der Waals surface area contributed by atoms with Gasteiger partial charge in [-0.2, -0.15) is 0 Å². The van der Waals surface area contributed by atoms with Crippen LogP contribution >= 0.6 is 27.5 Å². The van der Waals surface area contributed by atoms with Gasteiger partial charge in [-0.25, -0.2) is 8.42 Å². The first-order valence-electron chi connectivity index (χ1n) is 6.26. The molecule has 0 aromatic heterocycles. The molecule has 0 fully saturated rings. The third-order valence-electron chi connectivity index (χ3n) is 3.29. The lowest BCUT2D eigenvalue weighted by Gasteiger charge is -2.11. The predicted octanol–water partition coefficient (Wildman–Crippen LogP) is 3.51. The van der Waals surface area contributed by atoms with Crippen molar-refractivity contribution in [2.45, 2.75) is 18.0 Å². The molecule has 2 aromatic carbocycles. The van der Waals surface area contributed by atoms with Crippen LogP contribution in [-0.4, -0.2) is 8.42 Å². The van der Waals surface area contributed by atoms with Gasteiger partial charge in [0, 0.05) is 22.6 Å². The maximum atomic E-state index is 12.5. The molecule has 2 aromatic rings. The first-order chi connectivity index (χ1) is 9.95. The zero-order valence-electron chi connectivity index (χ0n) is 10.9. The van der Waals surface area contributed by atoms with Crippen molar-refractivity contribution in [1.29, 1.82) is 0 Å². The monoisotopic (exact) mass is 386 g/mol. The highest BCUT2D eigenvalue weighted by Gasteiger charge is 2.19. The van der Waals surface area contributed by atoms with Crippen molar-refractivity contribution in [3.63, 3.8) is 0 Å². The number of sulfonamides is 1. The molecule has 21 heavy (non-hydrogen) atoms. The fourth-order valence-corrected chi connectivity index (χ4v) is 4.26. The van der Waals surface area contributed by atoms with Crippen molar-refractivity contribution in [1.82, 2.24) is 5.32 Å². The molecule has 0 radical (unpaired) electrons. The van der Waals surface area contributed by atoms with Crippen LogP contribution in [0.5, 0.6) is 0 Å². The predicted molar refractivity (Wildman–Crippen MR) is 86.9 cm³/mol. The van der Waals surface area contributed by atoms with Gasteiger partial charge in [-0.1, -0.05) is 17.7 Å². The van der Waals surface area contributed by atoms with Crippen LogP contribution in [0.3, 0.4) is 0 Å². The Labute approximate surface area is 136 Å². The molecule has 0 saturated carbocycles. The Morgan fingerprint density at radius 3 is 2.62 bits per heavy atom. The smallest absolute Gasteiger partial charge is 0.261 e. The van der Waals surface area contributed by atoms with Gasteiger partial charge in [0.2, 0.25) is 0 Å². The molecule has 2 N–H and O–H groups in total. The van der Waals surface area contributed by atoms with E-state index in [1.165, 1.54) is 0 Å². The number of hydrogen-bond donors (Lipinski definition) is 2. The van der Waals surface area contributed by atoms with E-state index in [1.807, 2.05) is 6.07 Å². The van der Waals surface area contributed by atoms with Gasteiger partial charge in [0.05, 0.1) is 10.6 Å².